The van der Waals surface area contributed by atoms with Crippen molar-refractivity contribution in [3.05, 3.63) is 0 Å². The fourth-order valence-electron chi connectivity index (χ4n) is 3.08. The summed E-state index contributed by atoms with van der Waals surface area (Å²) in [6.45, 7) is 4.07. The predicted molar refractivity (Wildman–Crippen MR) is 71.3 cm³/mol. The van der Waals surface area contributed by atoms with Crippen molar-refractivity contribution in [1.29, 1.82) is 0 Å². The molecule has 2 aliphatic rings. The molecule has 2 heterocycles. The third-order valence-electron chi connectivity index (χ3n) is 4.11. The summed E-state index contributed by atoms with van der Waals surface area (Å²) in [6.07, 6.45) is 7.54. The number of nitrogens with one attached hydrogen (secondary N) is 1. The number of rotatable bonds is 3. The van der Waals surface area contributed by atoms with Gasteiger partial charge in [0.05, 0.1) is 24.7 Å². The molecule has 4 nitrogen and oxygen atoms in total. The van der Waals surface area contributed by atoms with E-state index < -0.39 is 5.60 Å². The number of hydrogen-bond acceptors (Lipinski definition) is 3. The highest BCUT2D eigenvalue weighted by molar-refractivity contribution is 5.83. The maximum Gasteiger partial charge on any atom is 0.239 e. The Bertz CT molecular complexity index is 280. The Hall–Kier alpha value is -0.610. The van der Waals surface area contributed by atoms with Gasteiger partial charge in [0.1, 0.15) is 0 Å². The van der Waals surface area contributed by atoms with Crippen molar-refractivity contribution in [2.24, 2.45) is 0 Å². The van der Waals surface area contributed by atoms with Crippen molar-refractivity contribution in [3.63, 3.8) is 0 Å². The molecule has 0 aromatic carbocycles. The number of aliphatic hydroxyl groups is 1. The van der Waals surface area contributed by atoms with Gasteiger partial charge in [0.2, 0.25) is 5.91 Å². The number of carbonyl (C=O) groups excluding carboxylic acids is 1. The molecule has 0 radical (unpaired) electrons. The number of amides is 1. The summed E-state index contributed by atoms with van der Waals surface area (Å²) in [6, 6.07) is -0.0172. The number of likely N-dealkylation sites (tertiary alicyclic amines) is 1. The Morgan fingerprint density at radius 3 is 2.78 bits per heavy atom. The van der Waals surface area contributed by atoms with E-state index in [1.54, 1.807) is 0 Å². The smallest absolute Gasteiger partial charge is 0.239 e. The van der Waals surface area contributed by atoms with Crippen LogP contribution < -0.4 is 5.32 Å². The molecule has 0 aromatic heterocycles. The van der Waals surface area contributed by atoms with Crippen molar-refractivity contribution >= 4 is 5.91 Å². The molecule has 2 saturated heterocycles. The van der Waals surface area contributed by atoms with E-state index in [0.717, 1.165) is 32.2 Å². The van der Waals surface area contributed by atoms with Crippen LogP contribution in [0, 0.1) is 0 Å². The molecule has 18 heavy (non-hydrogen) atoms. The van der Waals surface area contributed by atoms with Gasteiger partial charge in [-0.15, -0.1) is 0 Å². The molecule has 0 aromatic rings. The minimum absolute atomic E-state index is 0.0172. The highest BCUT2D eigenvalue weighted by Gasteiger charge is 2.44. The van der Waals surface area contributed by atoms with Gasteiger partial charge in [0.15, 0.2) is 0 Å². The van der Waals surface area contributed by atoms with Gasteiger partial charge in [-0.25, -0.2) is 0 Å². The van der Waals surface area contributed by atoms with Crippen LogP contribution in [0.3, 0.4) is 0 Å². The third kappa shape index (κ3) is 3.23. The van der Waals surface area contributed by atoms with Gasteiger partial charge in [-0.2, -0.15) is 0 Å². The van der Waals surface area contributed by atoms with Crippen molar-refractivity contribution in [2.45, 2.75) is 63.5 Å². The number of β-amino-alcohol motifs (C(OH)–C–C–N with tert-alkyl or cyclic N) is 1. The molecule has 0 saturated carbocycles. The average Bonchev–Trinajstić information content (AvgIpc) is 2.24. The molecule has 104 valence electrons. The maximum absolute atomic E-state index is 12.3. The highest BCUT2D eigenvalue weighted by atomic mass is 16.3. The van der Waals surface area contributed by atoms with E-state index in [0.29, 0.717) is 13.1 Å². The van der Waals surface area contributed by atoms with E-state index >= 15 is 0 Å². The summed E-state index contributed by atoms with van der Waals surface area (Å²) in [5.74, 6) is 0.192. The topological polar surface area (TPSA) is 52.6 Å². The van der Waals surface area contributed by atoms with Crippen LogP contribution in [0.4, 0.5) is 0 Å². The second kappa shape index (κ2) is 6.02. The molecule has 1 amide bonds. The van der Waals surface area contributed by atoms with Crippen molar-refractivity contribution in [3.8, 4) is 0 Å². The first-order chi connectivity index (χ1) is 8.64. The van der Waals surface area contributed by atoms with Crippen LogP contribution in [0.5, 0.6) is 0 Å². The van der Waals surface area contributed by atoms with Gasteiger partial charge in [0, 0.05) is 0 Å². The first kappa shape index (κ1) is 13.8. The quantitative estimate of drug-likeness (QED) is 0.798. The standard InChI is InChI=1S/C14H26N2O2/c1-2-8-14(18)10-16(11-14)13(17)12-7-5-3-4-6-9-15-12/h12,15,18H,2-11H2,1H3. The molecule has 1 unspecified atom stereocenters. The van der Waals surface area contributed by atoms with Crippen LogP contribution in [0.2, 0.25) is 0 Å². The zero-order chi connectivity index (χ0) is 13.0. The van der Waals surface area contributed by atoms with E-state index in [2.05, 4.69) is 12.2 Å². The summed E-state index contributed by atoms with van der Waals surface area (Å²) in [4.78, 5) is 14.1. The summed E-state index contributed by atoms with van der Waals surface area (Å²) < 4.78 is 0. The van der Waals surface area contributed by atoms with Crippen LogP contribution in [0.15, 0.2) is 0 Å². The van der Waals surface area contributed by atoms with E-state index in [1.807, 2.05) is 4.90 Å². The van der Waals surface area contributed by atoms with E-state index in [-0.39, 0.29) is 11.9 Å². The molecule has 0 aliphatic carbocycles. The minimum atomic E-state index is -0.605. The Kier molecular flexibility index (Phi) is 4.62. The Morgan fingerprint density at radius 1 is 1.33 bits per heavy atom. The number of hydrogen-bond donors (Lipinski definition) is 2. The highest BCUT2D eigenvalue weighted by Crippen LogP contribution is 2.27. The molecular weight excluding hydrogens is 228 g/mol. The molecule has 0 spiro atoms. The molecule has 0 bridgehead atoms. The molecule has 2 N–H and O–H groups in total. The molecule has 2 fully saturated rings. The fraction of sp³-hybridized carbons (Fsp3) is 0.929. The SMILES string of the molecule is CCCC1(O)CN(C(=O)C2CCCCCCN2)C1. The van der Waals surface area contributed by atoms with Crippen LogP contribution in [-0.4, -0.2) is 47.2 Å². The Labute approximate surface area is 110 Å². The van der Waals surface area contributed by atoms with E-state index in [4.69, 9.17) is 0 Å². The van der Waals surface area contributed by atoms with Gasteiger partial charge >= 0.3 is 0 Å². The third-order valence-corrected chi connectivity index (χ3v) is 4.11. The van der Waals surface area contributed by atoms with Crippen molar-refractivity contribution in [1.82, 2.24) is 10.2 Å². The predicted octanol–water partition coefficient (Wildman–Crippen LogP) is 1.28. The van der Waals surface area contributed by atoms with Crippen LogP contribution >= 0.6 is 0 Å². The first-order valence-electron chi connectivity index (χ1n) is 7.39. The lowest BCUT2D eigenvalue weighted by atomic mass is 9.88. The normalized spacial score (nSPS) is 28.1. The molecule has 1 atom stereocenters. The van der Waals surface area contributed by atoms with E-state index in [1.165, 1.54) is 19.3 Å². The second-order valence-corrected chi connectivity index (χ2v) is 5.88. The zero-order valence-electron chi connectivity index (χ0n) is 11.5. The summed E-state index contributed by atoms with van der Waals surface area (Å²) in [5, 5.41) is 13.5. The monoisotopic (exact) mass is 254 g/mol. The van der Waals surface area contributed by atoms with Crippen molar-refractivity contribution < 1.29 is 9.90 Å². The maximum atomic E-state index is 12.3. The van der Waals surface area contributed by atoms with Gasteiger partial charge in [-0.1, -0.05) is 32.6 Å². The minimum Gasteiger partial charge on any atom is -0.386 e. The average molecular weight is 254 g/mol. The molecule has 2 aliphatic heterocycles. The Morgan fingerprint density at radius 2 is 2.06 bits per heavy atom. The lowest BCUT2D eigenvalue weighted by molar-refractivity contribution is -0.159. The van der Waals surface area contributed by atoms with Gasteiger partial charge in [-0.05, 0) is 25.8 Å². The van der Waals surface area contributed by atoms with Gasteiger partial charge < -0.3 is 15.3 Å². The van der Waals surface area contributed by atoms with Gasteiger partial charge in [0.25, 0.3) is 0 Å². The lowest BCUT2D eigenvalue weighted by Crippen LogP contribution is -2.66. The van der Waals surface area contributed by atoms with Crippen LogP contribution in [0.1, 0.15) is 51.9 Å². The van der Waals surface area contributed by atoms with Crippen LogP contribution in [-0.2, 0) is 4.79 Å². The van der Waals surface area contributed by atoms with Crippen LogP contribution in [0.25, 0.3) is 0 Å². The van der Waals surface area contributed by atoms with E-state index in [9.17, 15) is 9.90 Å². The van der Waals surface area contributed by atoms with Crippen molar-refractivity contribution in [2.75, 3.05) is 19.6 Å². The summed E-state index contributed by atoms with van der Waals surface area (Å²) in [7, 11) is 0. The zero-order valence-corrected chi connectivity index (χ0v) is 11.5. The van der Waals surface area contributed by atoms with Gasteiger partial charge in [-0.3, -0.25) is 4.79 Å². The fourth-order valence-corrected chi connectivity index (χ4v) is 3.08. The molecule has 4 heteroatoms. The largest absolute Gasteiger partial charge is 0.386 e. The summed E-state index contributed by atoms with van der Waals surface area (Å²) >= 11 is 0. The Balaban J connectivity index is 1.81. The lowest BCUT2D eigenvalue weighted by Gasteiger charge is -2.47. The number of carbonyl (C=O) groups is 1. The first-order valence-corrected chi connectivity index (χ1v) is 7.39. The summed E-state index contributed by atoms with van der Waals surface area (Å²) in [5.41, 5.74) is -0.605. The number of nitrogens with zero attached hydrogens (tertiary/aromatic N) is 1. The molecule has 2 rings (SSSR count). The second-order valence-electron chi connectivity index (χ2n) is 5.88. The molecular formula is C14H26N2O2.